The number of aromatic nitrogens is 1. The average Bonchev–Trinajstić information content (AvgIpc) is 3.21. The third kappa shape index (κ3) is 3.42. The molecule has 0 aromatic carbocycles. The molecule has 1 unspecified atom stereocenters. The van der Waals surface area contributed by atoms with Gasteiger partial charge in [0.1, 0.15) is 6.04 Å². The normalized spacial score (nSPS) is 18.7. The lowest BCUT2D eigenvalue weighted by Gasteiger charge is -2.33. The molecule has 23 heavy (non-hydrogen) atoms. The van der Waals surface area contributed by atoms with Crippen molar-refractivity contribution in [2.24, 2.45) is 0 Å². The number of hydrogen-bond donors (Lipinski definition) is 1. The van der Waals surface area contributed by atoms with Crippen molar-refractivity contribution in [1.29, 1.82) is 0 Å². The zero-order valence-electron chi connectivity index (χ0n) is 12.7. The Hall–Kier alpha value is -2.61. The van der Waals surface area contributed by atoms with Crippen molar-refractivity contribution in [3.05, 3.63) is 30.2 Å². The molecular weight excluding hydrogens is 302 g/mol. The highest BCUT2D eigenvalue weighted by Gasteiger charge is 2.32. The Morgan fingerprint density at radius 2 is 2.39 bits per heavy atom. The Bertz CT molecular complexity index is 679. The van der Waals surface area contributed by atoms with E-state index in [0.717, 1.165) is 0 Å². The van der Waals surface area contributed by atoms with Crippen molar-refractivity contribution in [3.63, 3.8) is 0 Å². The molecule has 0 saturated carbocycles. The van der Waals surface area contributed by atoms with E-state index < -0.39 is 12.0 Å². The summed E-state index contributed by atoms with van der Waals surface area (Å²) in [4.78, 5) is 25.4. The summed E-state index contributed by atoms with van der Waals surface area (Å²) in [6.07, 6.45) is 1.56. The Morgan fingerprint density at radius 3 is 3.13 bits per heavy atom. The van der Waals surface area contributed by atoms with Crippen LogP contribution in [0.25, 0.3) is 11.5 Å². The first-order valence-corrected chi connectivity index (χ1v) is 7.25. The average molecular weight is 319 g/mol. The van der Waals surface area contributed by atoms with Gasteiger partial charge in [-0.2, -0.15) is 0 Å². The van der Waals surface area contributed by atoms with E-state index in [1.807, 2.05) is 4.90 Å². The first-order valence-electron chi connectivity index (χ1n) is 7.25. The van der Waals surface area contributed by atoms with Crippen LogP contribution in [-0.2, 0) is 20.9 Å². The highest BCUT2D eigenvalue weighted by atomic mass is 16.5. The lowest BCUT2D eigenvalue weighted by molar-refractivity contribution is -0.146. The molecule has 0 radical (unpaired) electrons. The van der Waals surface area contributed by atoms with Gasteiger partial charge in [0, 0.05) is 25.7 Å². The predicted molar refractivity (Wildman–Crippen MR) is 78.0 cm³/mol. The number of methoxy groups -OCH3 is 1. The number of ether oxygens (including phenoxy) is 1. The van der Waals surface area contributed by atoms with Gasteiger partial charge in [0.15, 0.2) is 5.76 Å². The standard InChI is InChI=1S/C15H17N3O5/c1-21-14(19)8-11-15(20)16-4-5-18(11)9-10-7-13(23-17-10)12-3-2-6-22-12/h2-3,6-7,11H,4-5,8-9H2,1H3,(H,16,20). The first-order chi connectivity index (χ1) is 11.2. The van der Waals surface area contributed by atoms with Gasteiger partial charge in [-0.25, -0.2) is 0 Å². The molecular formula is C15H17N3O5. The van der Waals surface area contributed by atoms with Gasteiger partial charge in [-0.15, -0.1) is 0 Å². The van der Waals surface area contributed by atoms with Crippen molar-refractivity contribution < 1.29 is 23.3 Å². The fourth-order valence-corrected chi connectivity index (χ4v) is 2.54. The number of furan rings is 1. The molecule has 0 spiro atoms. The molecule has 3 rings (SSSR count). The molecule has 1 atom stereocenters. The second kappa shape index (κ2) is 6.66. The maximum Gasteiger partial charge on any atom is 0.307 e. The van der Waals surface area contributed by atoms with Gasteiger partial charge < -0.3 is 19.0 Å². The van der Waals surface area contributed by atoms with Crippen LogP contribution in [0.2, 0.25) is 0 Å². The minimum absolute atomic E-state index is 0.00518. The summed E-state index contributed by atoms with van der Waals surface area (Å²) in [6.45, 7) is 1.55. The van der Waals surface area contributed by atoms with Gasteiger partial charge in [-0.1, -0.05) is 5.16 Å². The van der Waals surface area contributed by atoms with Crippen LogP contribution in [0, 0.1) is 0 Å². The third-order valence-corrected chi connectivity index (χ3v) is 3.72. The lowest BCUT2D eigenvalue weighted by Crippen LogP contribution is -2.55. The van der Waals surface area contributed by atoms with Crippen LogP contribution in [0.3, 0.4) is 0 Å². The minimum atomic E-state index is -0.569. The number of hydrogen-bond acceptors (Lipinski definition) is 7. The summed E-state index contributed by atoms with van der Waals surface area (Å²) in [5, 5.41) is 6.76. The van der Waals surface area contributed by atoms with Crippen LogP contribution in [0.5, 0.6) is 0 Å². The fraction of sp³-hybridized carbons (Fsp3) is 0.400. The van der Waals surface area contributed by atoms with Gasteiger partial charge in [0.25, 0.3) is 0 Å². The molecule has 1 aliphatic heterocycles. The largest absolute Gasteiger partial charge is 0.469 e. The zero-order valence-corrected chi connectivity index (χ0v) is 12.7. The number of esters is 1. The summed E-state index contributed by atoms with van der Waals surface area (Å²) in [7, 11) is 1.31. The molecule has 1 saturated heterocycles. The second-order valence-electron chi connectivity index (χ2n) is 5.22. The van der Waals surface area contributed by atoms with Crippen molar-refractivity contribution >= 4 is 11.9 Å². The van der Waals surface area contributed by atoms with Crippen LogP contribution in [0.4, 0.5) is 0 Å². The molecule has 1 aliphatic rings. The molecule has 1 fully saturated rings. The fourth-order valence-electron chi connectivity index (χ4n) is 2.54. The molecule has 122 valence electrons. The maximum atomic E-state index is 12.0. The molecule has 2 aromatic rings. The highest BCUT2D eigenvalue weighted by Crippen LogP contribution is 2.22. The molecule has 3 heterocycles. The predicted octanol–water partition coefficient (Wildman–Crippen LogP) is 0.798. The van der Waals surface area contributed by atoms with E-state index in [1.165, 1.54) is 7.11 Å². The van der Waals surface area contributed by atoms with Gasteiger partial charge in [0.05, 0.1) is 25.5 Å². The molecule has 8 nitrogen and oxygen atoms in total. The van der Waals surface area contributed by atoms with Crippen molar-refractivity contribution in [2.75, 3.05) is 20.2 Å². The Morgan fingerprint density at radius 1 is 1.52 bits per heavy atom. The van der Waals surface area contributed by atoms with E-state index in [9.17, 15) is 9.59 Å². The van der Waals surface area contributed by atoms with Gasteiger partial charge >= 0.3 is 5.97 Å². The molecule has 2 aromatic heterocycles. The number of rotatable bonds is 5. The minimum Gasteiger partial charge on any atom is -0.469 e. The molecule has 1 amide bonds. The number of carbonyl (C=O) groups is 2. The monoisotopic (exact) mass is 319 g/mol. The van der Waals surface area contributed by atoms with E-state index in [1.54, 1.807) is 24.5 Å². The quantitative estimate of drug-likeness (QED) is 0.814. The molecule has 0 aliphatic carbocycles. The van der Waals surface area contributed by atoms with E-state index in [-0.39, 0.29) is 12.3 Å². The SMILES string of the molecule is COC(=O)CC1C(=O)NCCN1Cc1cc(-c2ccco2)on1. The Balaban J connectivity index is 1.72. The number of nitrogens with zero attached hydrogens (tertiary/aromatic N) is 2. The molecule has 1 N–H and O–H groups in total. The Labute approximate surface area is 132 Å². The van der Waals surface area contributed by atoms with E-state index in [2.05, 4.69) is 15.2 Å². The van der Waals surface area contributed by atoms with Crippen LogP contribution < -0.4 is 5.32 Å². The van der Waals surface area contributed by atoms with E-state index in [4.69, 9.17) is 8.94 Å². The van der Waals surface area contributed by atoms with Crippen LogP contribution in [0.15, 0.2) is 33.4 Å². The van der Waals surface area contributed by atoms with Crippen LogP contribution >= 0.6 is 0 Å². The van der Waals surface area contributed by atoms with Gasteiger partial charge in [-0.3, -0.25) is 14.5 Å². The van der Waals surface area contributed by atoms with E-state index in [0.29, 0.717) is 36.8 Å². The van der Waals surface area contributed by atoms with Crippen molar-refractivity contribution in [3.8, 4) is 11.5 Å². The smallest absolute Gasteiger partial charge is 0.307 e. The summed E-state index contributed by atoms with van der Waals surface area (Å²) in [6, 6.07) is 4.73. The van der Waals surface area contributed by atoms with Crippen molar-refractivity contribution in [1.82, 2.24) is 15.4 Å². The van der Waals surface area contributed by atoms with Gasteiger partial charge in [-0.05, 0) is 12.1 Å². The zero-order chi connectivity index (χ0) is 16.2. The summed E-state index contributed by atoms with van der Waals surface area (Å²) < 4.78 is 15.2. The number of amides is 1. The summed E-state index contributed by atoms with van der Waals surface area (Å²) in [5.41, 5.74) is 0.668. The highest BCUT2D eigenvalue weighted by molar-refractivity contribution is 5.87. The summed E-state index contributed by atoms with van der Waals surface area (Å²) >= 11 is 0. The molecule has 0 bridgehead atoms. The molecule has 8 heteroatoms. The van der Waals surface area contributed by atoms with Crippen molar-refractivity contribution in [2.45, 2.75) is 19.0 Å². The lowest BCUT2D eigenvalue weighted by atomic mass is 10.1. The number of piperazine rings is 1. The first kappa shape index (κ1) is 15.3. The van der Waals surface area contributed by atoms with E-state index >= 15 is 0 Å². The van der Waals surface area contributed by atoms with Crippen LogP contribution in [0.1, 0.15) is 12.1 Å². The second-order valence-corrected chi connectivity index (χ2v) is 5.22. The van der Waals surface area contributed by atoms with Gasteiger partial charge in [0.2, 0.25) is 11.7 Å². The topological polar surface area (TPSA) is 97.8 Å². The third-order valence-electron chi connectivity index (χ3n) is 3.72. The number of carbonyl (C=O) groups excluding carboxylic acids is 2. The number of nitrogens with one attached hydrogen (secondary N) is 1. The van der Waals surface area contributed by atoms with Crippen LogP contribution in [-0.4, -0.2) is 48.2 Å². The maximum absolute atomic E-state index is 12.0. The Kier molecular flexibility index (Phi) is 4.42. The summed E-state index contributed by atoms with van der Waals surface area (Å²) in [5.74, 6) is 0.507.